The molecule has 2 aromatic carbocycles. The fourth-order valence-corrected chi connectivity index (χ4v) is 3.97. The molecule has 0 bridgehead atoms. The summed E-state index contributed by atoms with van der Waals surface area (Å²) in [5.41, 5.74) is 1.72. The van der Waals surface area contributed by atoms with Gasteiger partial charge in [0.05, 0.1) is 30.1 Å². The van der Waals surface area contributed by atoms with Gasteiger partial charge in [-0.25, -0.2) is 4.98 Å². The van der Waals surface area contributed by atoms with E-state index in [0.29, 0.717) is 18.6 Å². The zero-order valence-corrected chi connectivity index (χ0v) is 19.0. The highest BCUT2D eigenvalue weighted by molar-refractivity contribution is 9.10. The minimum absolute atomic E-state index is 0.0443. The maximum absolute atomic E-state index is 10.4. The number of halogens is 1. The van der Waals surface area contributed by atoms with Crippen molar-refractivity contribution >= 4 is 50.8 Å². The predicted molar refractivity (Wildman–Crippen MR) is 121 cm³/mol. The van der Waals surface area contributed by atoms with E-state index in [-0.39, 0.29) is 6.54 Å². The van der Waals surface area contributed by atoms with Gasteiger partial charge in [-0.3, -0.25) is 14.2 Å². The lowest BCUT2D eigenvalue weighted by atomic mass is 10.0. The highest BCUT2D eigenvalue weighted by Gasteiger charge is 2.14. The molecule has 1 N–H and O–H groups in total. The van der Waals surface area contributed by atoms with Gasteiger partial charge in [0.25, 0.3) is 0 Å². The van der Waals surface area contributed by atoms with Gasteiger partial charge < -0.3 is 10.1 Å². The van der Waals surface area contributed by atoms with Crippen molar-refractivity contribution < 1.29 is 14.3 Å². The molecule has 0 aliphatic carbocycles. The molecule has 1 amide bonds. The molecule has 0 radical (unpaired) electrons. The van der Waals surface area contributed by atoms with Crippen LogP contribution in [0.1, 0.15) is 19.4 Å². The van der Waals surface area contributed by atoms with Crippen LogP contribution in [0, 0.1) is 11.3 Å². The maximum atomic E-state index is 10.4. The molecule has 9 heteroatoms. The van der Waals surface area contributed by atoms with E-state index in [2.05, 4.69) is 48.5 Å². The van der Waals surface area contributed by atoms with Crippen molar-refractivity contribution in [3.05, 3.63) is 52.8 Å². The first kappa shape index (κ1) is 23.4. The SMILES string of the molecule is CCOC(=O)CNC=O.CCSc1ncc(Br)n1-c1ccc(C#N)c2ccccc12. The number of aromatic nitrogens is 2. The molecule has 7 nitrogen and oxygen atoms in total. The Labute approximate surface area is 187 Å². The number of carbonyl (C=O) groups is 2. The minimum Gasteiger partial charge on any atom is -0.465 e. The molecule has 0 atom stereocenters. The van der Waals surface area contributed by atoms with Gasteiger partial charge >= 0.3 is 5.97 Å². The van der Waals surface area contributed by atoms with Crippen molar-refractivity contribution in [1.29, 1.82) is 5.26 Å². The Kier molecular flexibility index (Phi) is 9.38. The zero-order chi connectivity index (χ0) is 21.9. The number of carbonyl (C=O) groups excluding carboxylic acids is 2. The average molecular weight is 489 g/mol. The normalized spacial score (nSPS) is 9.93. The Balaban J connectivity index is 0.000000303. The van der Waals surface area contributed by atoms with Crippen LogP contribution >= 0.6 is 27.7 Å². The van der Waals surface area contributed by atoms with Crippen LogP contribution in [-0.2, 0) is 14.3 Å². The van der Waals surface area contributed by atoms with E-state index < -0.39 is 5.97 Å². The molecule has 0 spiro atoms. The van der Waals surface area contributed by atoms with E-state index in [9.17, 15) is 14.9 Å². The molecule has 3 rings (SSSR count). The lowest BCUT2D eigenvalue weighted by Crippen LogP contribution is -2.23. The summed E-state index contributed by atoms with van der Waals surface area (Å²) in [5.74, 6) is 0.544. The third-order valence-electron chi connectivity index (χ3n) is 3.86. The number of hydrogen-bond donors (Lipinski definition) is 1. The zero-order valence-electron chi connectivity index (χ0n) is 16.6. The first-order valence-electron chi connectivity index (χ1n) is 9.18. The standard InChI is InChI=1S/C16H12BrN3S.C5H9NO3/c1-2-21-16-19-10-15(17)20(16)14-8-7-11(9-18)12-5-3-4-6-13(12)14;1-2-9-5(8)3-6-4-7/h3-8,10H,2H2,1H3;4H,2-3H2,1H3,(H,6,7). The highest BCUT2D eigenvalue weighted by Crippen LogP contribution is 2.32. The average Bonchev–Trinajstić information content (AvgIpc) is 3.12. The molecule has 0 saturated heterocycles. The Bertz CT molecular complexity index is 1060. The number of fused-ring (bicyclic) bond motifs is 1. The van der Waals surface area contributed by atoms with Crippen LogP contribution in [0.25, 0.3) is 16.5 Å². The molecule has 3 aromatic rings. The summed E-state index contributed by atoms with van der Waals surface area (Å²) in [6.45, 7) is 4.12. The molecule has 0 unspecified atom stereocenters. The molecule has 1 aromatic heterocycles. The number of esters is 1. The summed E-state index contributed by atoms with van der Waals surface area (Å²) < 4.78 is 7.48. The summed E-state index contributed by atoms with van der Waals surface area (Å²) in [6.07, 6.45) is 2.27. The maximum Gasteiger partial charge on any atom is 0.325 e. The van der Waals surface area contributed by atoms with E-state index in [0.717, 1.165) is 32.0 Å². The number of ether oxygens (including phenoxy) is 1. The lowest BCUT2D eigenvalue weighted by Gasteiger charge is -2.12. The monoisotopic (exact) mass is 488 g/mol. The lowest BCUT2D eigenvalue weighted by molar-refractivity contribution is -0.142. The van der Waals surface area contributed by atoms with Gasteiger partial charge in [0, 0.05) is 10.8 Å². The van der Waals surface area contributed by atoms with Crippen molar-refractivity contribution in [1.82, 2.24) is 14.9 Å². The summed E-state index contributed by atoms with van der Waals surface area (Å²) in [7, 11) is 0. The number of thioether (sulfide) groups is 1. The number of nitrogens with zero attached hydrogens (tertiary/aromatic N) is 3. The number of imidazole rings is 1. The Morgan fingerprint density at radius 3 is 2.67 bits per heavy atom. The van der Waals surface area contributed by atoms with Gasteiger partial charge in [-0.1, -0.05) is 43.0 Å². The van der Waals surface area contributed by atoms with Gasteiger partial charge in [-0.2, -0.15) is 5.26 Å². The van der Waals surface area contributed by atoms with E-state index in [4.69, 9.17) is 0 Å². The first-order chi connectivity index (χ1) is 14.6. The van der Waals surface area contributed by atoms with E-state index in [1.165, 1.54) is 0 Å². The van der Waals surface area contributed by atoms with Crippen LogP contribution in [0.15, 0.2) is 52.4 Å². The molecule has 0 fully saturated rings. The second-order valence-electron chi connectivity index (χ2n) is 5.73. The topological polar surface area (TPSA) is 97.0 Å². The fourth-order valence-electron chi connectivity index (χ4n) is 2.68. The molecule has 156 valence electrons. The number of amides is 1. The van der Waals surface area contributed by atoms with E-state index in [1.807, 2.05) is 42.6 Å². The van der Waals surface area contributed by atoms with Crippen LogP contribution in [0.3, 0.4) is 0 Å². The van der Waals surface area contributed by atoms with Crippen LogP contribution in [0.2, 0.25) is 0 Å². The van der Waals surface area contributed by atoms with Crippen molar-refractivity contribution in [2.45, 2.75) is 19.0 Å². The summed E-state index contributed by atoms with van der Waals surface area (Å²) in [6, 6.07) is 14.1. The van der Waals surface area contributed by atoms with Crippen LogP contribution < -0.4 is 5.32 Å². The van der Waals surface area contributed by atoms with Crippen molar-refractivity contribution in [2.75, 3.05) is 18.9 Å². The molecule has 30 heavy (non-hydrogen) atoms. The number of benzene rings is 2. The molecule has 0 saturated carbocycles. The van der Waals surface area contributed by atoms with E-state index in [1.54, 1.807) is 18.7 Å². The van der Waals surface area contributed by atoms with Gasteiger partial charge in [-0.05, 0) is 40.7 Å². The van der Waals surface area contributed by atoms with Crippen LogP contribution in [0.4, 0.5) is 0 Å². The number of hydrogen-bond acceptors (Lipinski definition) is 6. The molecular formula is C21H21BrN4O3S. The molecule has 1 heterocycles. The van der Waals surface area contributed by atoms with Gasteiger partial charge in [0.2, 0.25) is 6.41 Å². The summed E-state index contributed by atoms with van der Waals surface area (Å²) in [5, 5.41) is 14.4. The number of nitrogens with one attached hydrogen (secondary N) is 1. The Hall–Kier alpha value is -2.83. The summed E-state index contributed by atoms with van der Waals surface area (Å²) in [4.78, 5) is 24.4. The van der Waals surface area contributed by atoms with Gasteiger partial charge in [0.1, 0.15) is 11.1 Å². The van der Waals surface area contributed by atoms with Crippen LogP contribution in [0.5, 0.6) is 0 Å². The molecule has 0 aliphatic rings. The number of rotatable bonds is 7. The summed E-state index contributed by atoms with van der Waals surface area (Å²) >= 11 is 5.26. The third kappa shape index (κ3) is 5.84. The Morgan fingerprint density at radius 1 is 1.30 bits per heavy atom. The molecular weight excluding hydrogens is 468 g/mol. The van der Waals surface area contributed by atoms with Crippen molar-refractivity contribution in [2.24, 2.45) is 0 Å². The van der Waals surface area contributed by atoms with Crippen molar-refractivity contribution in [3.63, 3.8) is 0 Å². The Morgan fingerprint density at radius 2 is 2.03 bits per heavy atom. The third-order valence-corrected chi connectivity index (χ3v) is 5.25. The highest BCUT2D eigenvalue weighted by atomic mass is 79.9. The second-order valence-corrected chi connectivity index (χ2v) is 7.77. The smallest absolute Gasteiger partial charge is 0.325 e. The van der Waals surface area contributed by atoms with Crippen LogP contribution in [-0.4, -0.2) is 40.8 Å². The number of nitriles is 1. The first-order valence-corrected chi connectivity index (χ1v) is 11.0. The van der Waals surface area contributed by atoms with Gasteiger partial charge in [-0.15, -0.1) is 0 Å². The molecule has 0 aliphatic heterocycles. The van der Waals surface area contributed by atoms with Crippen molar-refractivity contribution in [3.8, 4) is 11.8 Å². The predicted octanol–water partition coefficient (Wildman–Crippen LogP) is 4.07. The minimum atomic E-state index is -0.412. The largest absolute Gasteiger partial charge is 0.465 e. The second kappa shape index (κ2) is 12.0. The van der Waals surface area contributed by atoms with E-state index >= 15 is 0 Å². The fraction of sp³-hybridized carbons (Fsp3) is 0.238. The van der Waals surface area contributed by atoms with Gasteiger partial charge in [0.15, 0.2) is 5.16 Å². The quantitative estimate of drug-likeness (QED) is 0.305.